The van der Waals surface area contributed by atoms with Gasteiger partial charge in [0.25, 0.3) is 11.6 Å². The van der Waals surface area contributed by atoms with Gasteiger partial charge in [-0.3, -0.25) is 14.9 Å². The zero-order valence-corrected chi connectivity index (χ0v) is 12.2. The number of aryl methyl sites for hydroxylation is 1. The number of amides is 1. The molecule has 0 bridgehead atoms. The van der Waals surface area contributed by atoms with E-state index in [1.54, 1.807) is 31.2 Å². The number of ether oxygens (including phenoxy) is 1. The van der Waals surface area contributed by atoms with Crippen LogP contribution in [-0.4, -0.2) is 22.4 Å². The molecule has 0 fully saturated rings. The molecule has 1 amide bonds. The van der Waals surface area contributed by atoms with E-state index in [2.05, 4.69) is 10.3 Å². The number of nitro groups is 1. The van der Waals surface area contributed by atoms with Gasteiger partial charge in [0, 0.05) is 11.1 Å². The minimum absolute atomic E-state index is 0.0867. The van der Waals surface area contributed by atoms with E-state index in [1.807, 2.05) is 6.92 Å². The summed E-state index contributed by atoms with van der Waals surface area (Å²) in [5.74, 6) is 0.500. The van der Waals surface area contributed by atoms with E-state index in [0.29, 0.717) is 23.5 Å². The largest absolute Gasteiger partial charge is 0.494 e. The molecule has 1 N–H and O–H groups in total. The highest BCUT2D eigenvalue weighted by Gasteiger charge is 2.13. The normalized spacial score (nSPS) is 10.1. The summed E-state index contributed by atoms with van der Waals surface area (Å²) in [7, 11) is 0. The molecule has 2 rings (SSSR count). The zero-order valence-electron chi connectivity index (χ0n) is 12.2. The van der Waals surface area contributed by atoms with Crippen LogP contribution in [0.5, 0.6) is 5.75 Å². The molecule has 0 aliphatic heterocycles. The van der Waals surface area contributed by atoms with Crippen LogP contribution in [0.1, 0.15) is 22.8 Å². The fourth-order valence-corrected chi connectivity index (χ4v) is 1.89. The lowest BCUT2D eigenvalue weighted by Crippen LogP contribution is -2.13. The predicted molar refractivity (Wildman–Crippen MR) is 81.2 cm³/mol. The molecule has 1 aromatic heterocycles. The van der Waals surface area contributed by atoms with Crippen molar-refractivity contribution in [1.29, 1.82) is 0 Å². The molecule has 0 aliphatic rings. The minimum Gasteiger partial charge on any atom is -0.494 e. The summed E-state index contributed by atoms with van der Waals surface area (Å²) < 4.78 is 5.34. The maximum atomic E-state index is 12.2. The van der Waals surface area contributed by atoms with Gasteiger partial charge in [-0.05, 0) is 38.1 Å². The number of nitrogens with one attached hydrogen (secondary N) is 1. The van der Waals surface area contributed by atoms with E-state index in [0.717, 1.165) is 6.20 Å². The van der Waals surface area contributed by atoms with Crippen molar-refractivity contribution in [3.05, 3.63) is 57.8 Å². The van der Waals surface area contributed by atoms with Crippen LogP contribution in [0.2, 0.25) is 0 Å². The molecule has 7 nitrogen and oxygen atoms in total. The number of nitrogens with zero attached hydrogens (tertiary/aromatic N) is 2. The van der Waals surface area contributed by atoms with Crippen LogP contribution in [-0.2, 0) is 0 Å². The number of aromatic nitrogens is 1. The highest BCUT2D eigenvalue weighted by Crippen LogP contribution is 2.20. The fourth-order valence-electron chi connectivity index (χ4n) is 1.89. The molecule has 2 aromatic rings. The van der Waals surface area contributed by atoms with E-state index in [1.165, 1.54) is 6.07 Å². The number of benzene rings is 1. The van der Waals surface area contributed by atoms with Crippen molar-refractivity contribution in [2.24, 2.45) is 0 Å². The van der Waals surface area contributed by atoms with E-state index in [-0.39, 0.29) is 17.4 Å². The summed E-state index contributed by atoms with van der Waals surface area (Å²) in [6, 6.07) is 8.21. The van der Waals surface area contributed by atoms with Crippen molar-refractivity contribution in [2.75, 3.05) is 11.9 Å². The Morgan fingerprint density at radius 3 is 2.82 bits per heavy atom. The lowest BCUT2D eigenvalue weighted by Gasteiger charge is -2.07. The van der Waals surface area contributed by atoms with Crippen molar-refractivity contribution >= 4 is 17.4 Å². The molecule has 1 aromatic carbocycles. The van der Waals surface area contributed by atoms with Crippen molar-refractivity contribution in [2.45, 2.75) is 13.8 Å². The van der Waals surface area contributed by atoms with Gasteiger partial charge in [-0.1, -0.05) is 6.07 Å². The summed E-state index contributed by atoms with van der Waals surface area (Å²) in [4.78, 5) is 26.3. The molecule has 0 saturated heterocycles. The first-order valence-electron chi connectivity index (χ1n) is 6.66. The Balaban J connectivity index is 2.16. The molecule has 7 heteroatoms. The number of carbonyl (C=O) groups is 1. The molecule has 0 atom stereocenters. The molecule has 0 spiro atoms. The Hall–Kier alpha value is -2.96. The van der Waals surface area contributed by atoms with Crippen molar-refractivity contribution in [3.8, 4) is 5.75 Å². The summed E-state index contributed by atoms with van der Waals surface area (Å²) in [6.07, 6.45) is 1.13. The van der Waals surface area contributed by atoms with Gasteiger partial charge in [-0.25, -0.2) is 4.98 Å². The number of carbonyl (C=O) groups excluding carboxylic acids is 1. The second kappa shape index (κ2) is 6.66. The third kappa shape index (κ3) is 3.57. The summed E-state index contributed by atoms with van der Waals surface area (Å²) in [5, 5.41) is 13.3. The second-order valence-corrected chi connectivity index (χ2v) is 4.53. The number of anilines is 1. The minimum atomic E-state index is -0.514. The lowest BCUT2D eigenvalue weighted by atomic mass is 10.2. The van der Waals surface area contributed by atoms with Crippen LogP contribution >= 0.6 is 0 Å². The number of pyridine rings is 1. The van der Waals surface area contributed by atoms with Crippen LogP contribution in [0.15, 0.2) is 36.5 Å². The van der Waals surface area contributed by atoms with Crippen molar-refractivity contribution in [3.63, 3.8) is 0 Å². The van der Waals surface area contributed by atoms with Gasteiger partial charge in [0.2, 0.25) is 0 Å². The average Bonchev–Trinajstić information content (AvgIpc) is 2.47. The van der Waals surface area contributed by atoms with Crippen LogP contribution in [0.3, 0.4) is 0 Å². The third-order valence-corrected chi connectivity index (χ3v) is 2.93. The predicted octanol–water partition coefficient (Wildman–Crippen LogP) is 2.95. The Labute approximate surface area is 127 Å². The van der Waals surface area contributed by atoms with Gasteiger partial charge in [-0.2, -0.15) is 0 Å². The monoisotopic (exact) mass is 301 g/mol. The first kappa shape index (κ1) is 15.4. The summed E-state index contributed by atoms with van der Waals surface area (Å²) >= 11 is 0. The topological polar surface area (TPSA) is 94.4 Å². The maximum absolute atomic E-state index is 12.2. The van der Waals surface area contributed by atoms with Crippen molar-refractivity contribution in [1.82, 2.24) is 4.98 Å². The highest BCUT2D eigenvalue weighted by atomic mass is 16.6. The van der Waals surface area contributed by atoms with Gasteiger partial charge in [0.15, 0.2) is 0 Å². The van der Waals surface area contributed by atoms with E-state index in [4.69, 9.17) is 4.74 Å². The molecule has 0 radical (unpaired) electrons. The lowest BCUT2D eigenvalue weighted by molar-refractivity contribution is -0.385. The van der Waals surface area contributed by atoms with Crippen LogP contribution < -0.4 is 10.1 Å². The first-order chi connectivity index (χ1) is 10.5. The molecular formula is C15H15N3O4. The van der Waals surface area contributed by atoms with E-state index in [9.17, 15) is 14.9 Å². The maximum Gasteiger partial charge on any atom is 0.290 e. The molecule has 0 unspecified atom stereocenters. The molecule has 1 heterocycles. The third-order valence-electron chi connectivity index (χ3n) is 2.93. The number of hydrogen-bond donors (Lipinski definition) is 1. The Morgan fingerprint density at radius 1 is 1.41 bits per heavy atom. The second-order valence-electron chi connectivity index (χ2n) is 4.53. The number of hydrogen-bond acceptors (Lipinski definition) is 5. The van der Waals surface area contributed by atoms with Gasteiger partial charge in [0.1, 0.15) is 17.8 Å². The van der Waals surface area contributed by atoms with Crippen LogP contribution in [0.4, 0.5) is 11.5 Å². The van der Waals surface area contributed by atoms with Gasteiger partial charge < -0.3 is 10.1 Å². The average molecular weight is 301 g/mol. The van der Waals surface area contributed by atoms with Crippen LogP contribution in [0, 0.1) is 17.0 Å². The molecular weight excluding hydrogens is 286 g/mol. The summed E-state index contributed by atoms with van der Waals surface area (Å²) in [6.45, 7) is 3.95. The Kier molecular flexibility index (Phi) is 4.67. The Morgan fingerprint density at radius 2 is 2.18 bits per heavy atom. The molecule has 114 valence electrons. The van der Waals surface area contributed by atoms with Gasteiger partial charge >= 0.3 is 0 Å². The smallest absolute Gasteiger partial charge is 0.290 e. The SMILES string of the molecule is CCOc1cccc(C(=O)Nc2cc(C)c([N+](=O)[O-])cn2)c1. The quantitative estimate of drug-likeness (QED) is 0.676. The molecule has 22 heavy (non-hydrogen) atoms. The zero-order chi connectivity index (χ0) is 16.1. The Bertz CT molecular complexity index is 716. The molecule has 0 saturated carbocycles. The highest BCUT2D eigenvalue weighted by molar-refractivity contribution is 6.04. The standard InChI is InChI=1S/C15H15N3O4/c1-3-22-12-6-4-5-11(8-12)15(19)17-14-7-10(2)13(9-16-14)18(20)21/h4-9H,3H2,1-2H3,(H,16,17,19). The summed E-state index contributed by atoms with van der Waals surface area (Å²) in [5.41, 5.74) is 0.762. The van der Waals surface area contributed by atoms with Crippen molar-refractivity contribution < 1.29 is 14.5 Å². The first-order valence-corrected chi connectivity index (χ1v) is 6.66. The van der Waals surface area contributed by atoms with Gasteiger partial charge in [0.05, 0.1) is 11.5 Å². The van der Waals surface area contributed by atoms with E-state index >= 15 is 0 Å². The molecule has 0 aliphatic carbocycles. The van der Waals surface area contributed by atoms with Crippen LogP contribution in [0.25, 0.3) is 0 Å². The van der Waals surface area contributed by atoms with E-state index < -0.39 is 4.92 Å². The fraction of sp³-hybridized carbons (Fsp3) is 0.200. The number of rotatable bonds is 5. The van der Waals surface area contributed by atoms with Gasteiger partial charge in [-0.15, -0.1) is 0 Å².